The van der Waals surface area contributed by atoms with Crippen LogP contribution in [0.4, 0.5) is 0 Å². The van der Waals surface area contributed by atoms with E-state index in [-0.39, 0.29) is 17.2 Å². The Kier molecular flexibility index (Phi) is 5.37. The molecule has 148 valence electrons. The lowest BCUT2D eigenvalue weighted by atomic mass is 10.1. The molecule has 3 aromatic carbocycles. The third kappa shape index (κ3) is 4.11. The van der Waals surface area contributed by atoms with Crippen molar-refractivity contribution in [2.45, 2.75) is 0 Å². The Morgan fingerprint density at radius 1 is 1.00 bits per heavy atom. The van der Waals surface area contributed by atoms with Gasteiger partial charge in [0, 0.05) is 22.3 Å². The number of phenolic OH excluding ortho intramolecular Hbond substituents is 1. The molecule has 6 heteroatoms. The van der Waals surface area contributed by atoms with Gasteiger partial charge in [-0.2, -0.15) is 0 Å². The number of ketones is 1. The van der Waals surface area contributed by atoms with Crippen LogP contribution in [0.1, 0.15) is 15.9 Å². The number of nitrogens with zero attached hydrogens (tertiary/aromatic N) is 1. The summed E-state index contributed by atoms with van der Waals surface area (Å²) >= 11 is 5.97. The first-order valence-electron chi connectivity index (χ1n) is 9.19. The Morgan fingerprint density at radius 2 is 1.77 bits per heavy atom. The van der Waals surface area contributed by atoms with Gasteiger partial charge < -0.3 is 10.1 Å². The largest absolute Gasteiger partial charge is 0.508 e. The number of aromatic hydroxyl groups is 1. The molecule has 0 atom stereocenters. The zero-order chi connectivity index (χ0) is 21.1. The average molecular weight is 417 g/mol. The van der Waals surface area contributed by atoms with Gasteiger partial charge >= 0.3 is 5.69 Å². The maximum atomic E-state index is 12.6. The molecule has 2 N–H and O–H groups in total. The SMILES string of the molecule is O=C(C=Cc1cccc(O)c1)c1cccc(-n2c(-c3ccc(Cl)cc3)c[nH]c2=O)c1. The van der Waals surface area contributed by atoms with Gasteiger partial charge in [0.2, 0.25) is 0 Å². The second-order valence-electron chi connectivity index (χ2n) is 6.66. The minimum Gasteiger partial charge on any atom is -0.508 e. The third-order valence-corrected chi connectivity index (χ3v) is 4.85. The molecule has 5 nitrogen and oxygen atoms in total. The fraction of sp³-hybridized carbons (Fsp3) is 0. The van der Waals surface area contributed by atoms with Gasteiger partial charge in [0.25, 0.3) is 0 Å². The number of carbonyl (C=O) groups excluding carboxylic acids is 1. The van der Waals surface area contributed by atoms with Crippen LogP contribution in [0.5, 0.6) is 5.75 Å². The van der Waals surface area contributed by atoms with Gasteiger partial charge in [0.1, 0.15) is 5.75 Å². The van der Waals surface area contributed by atoms with E-state index in [1.807, 2.05) is 12.1 Å². The number of aromatic nitrogens is 2. The molecule has 30 heavy (non-hydrogen) atoms. The molecule has 0 unspecified atom stereocenters. The van der Waals surface area contributed by atoms with E-state index in [0.717, 1.165) is 5.56 Å². The van der Waals surface area contributed by atoms with Crippen molar-refractivity contribution in [1.82, 2.24) is 9.55 Å². The van der Waals surface area contributed by atoms with E-state index in [1.54, 1.807) is 72.9 Å². The summed E-state index contributed by atoms with van der Waals surface area (Å²) in [5.41, 5.74) is 2.91. The molecular formula is C24H17ClN2O3. The fourth-order valence-corrected chi connectivity index (χ4v) is 3.28. The fourth-order valence-electron chi connectivity index (χ4n) is 3.15. The highest BCUT2D eigenvalue weighted by molar-refractivity contribution is 6.30. The van der Waals surface area contributed by atoms with Gasteiger partial charge in [0.05, 0.1) is 11.4 Å². The van der Waals surface area contributed by atoms with Crippen LogP contribution in [-0.2, 0) is 0 Å². The molecule has 4 aromatic rings. The number of H-pyrrole nitrogens is 1. The number of allylic oxidation sites excluding steroid dienone is 1. The van der Waals surface area contributed by atoms with Crippen LogP contribution in [0.25, 0.3) is 23.0 Å². The summed E-state index contributed by atoms with van der Waals surface area (Å²) < 4.78 is 1.51. The van der Waals surface area contributed by atoms with E-state index in [4.69, 9.17) is 11.6 Å². The Bertz CT molecular complexity index is 1300. The van der Waals surface area contributed by atoms with Gasteiger partial charge in [-0.1, -0.05) is 54.1 Å². The number of imidazole rings is 1. The summed E-state index contributed by atoms with van der Waals surface area (Å²) in [7, 11) is 0. The maximum Gasteiger partial charge on any atom is 0.330 e. The molecule has 4 rings (SSSR count). The minimum atomic E-state index is -0.306. The molecule has 0 bridgehead atoms. The monoisotopic (exact) mass is 416 g/mol. The number of hydrogen-bond acceptors (Lipinski definition) is 3. The number of aromatic amines is 1. The second-order valence-corrected chi connectivity index (χ2v) is 7.10. The number of nitrogens with one attached hydrogen (secondary N) is 1. The molecule has 0 aliphatic rings. The number of hydrogen-bond donors (Lipinski definition) is 2. The van der Waals surface area contributed by atoms with Crippen LogP contribution < -0.4 is 5.69 Å². The number of benzene rings is 3. The van der Waals surface area contributed by atoms with Crippen LogP contribution in [0.2, 0.25) is 5.02 Å². The Morgan fingerprint density at radius 3 is 2.53 bits per heavy atom. The van der Waals surface area contributed by atoms with Gasteiger partial charge in [-0.3, -0.25) is 9.36 Å². The molecule has 0 amide bonds. The minimum absolute atomic E-state index is 0.133. The normalized spacial score (nSPS) is 11.1. The number of halogens is 1. The lowest BCUT2D eigenvalue weighted by Gasteiger charge is -2.09. The molecule has 0 saturated carbocycles. The van der Waals surface area contributed by atoms with Gasteiger partial charge in [0.15, 0.2) is 5.78 Å². The van der Waals surface area contributed by atoms with Gasteiger partial charge in [-0.25, -0.2) is 4.79 Å². The Hall–Kier alpha value is -3.83. The topological polar surface area (TPSA) is 75.1 Å². The number of phenols is 1. The highest BCUT2D eigenvalue weighted by Crippen LogP contribution is 2.23. The first-order valence-corrected chi connectivity index (χ1v) is 9.57. The van der Waals surface area contributed by atoms with Crippen molar-refractivity contribution in [3.8, 4) is 22.7 Å². The summed E-state index contributed by atoms with van der Waals surface area (Å²) in [6, 6.07) is 20.7. The highest BCUT2D eigenvalue weighted by Gasteiger charge is 2.12. The lowest BCUT2D eigenvalue weighted by molar-refractivity contribution is 0.104. The first-order chi connectivity index (χ1) is 14.5. The van der Waals surface area contributed by atoms with Crippen molar-refractivity contribution >= 4 is 23.5 Å². The Balaban J connectivity index is 1.67. The first kappa shape index (κ1) is 19.5. The summed E-state index contributed by atoms with van der Waals surface area (Å²) in [5, 5.41) is 10.1. The van der Waals surface area contributed by atoms with E-state index in [1.165, 1.54) is 10.6 Å². The van der Waals surface area contributed by atoms with Gasteiger partial charge in [-0.15, -0.1) is 0 Å². The Labute approximate surface area is 177 Å². The average Bonchev–Trinajstić information content (AvgIpc) is 3.14. The van der Waals surface area contributed by atoms with Crippen molar-refractivity contribution in [2.24, 2.45) is 0 Å². The lowest BCUT2D eigenvalue weighted by Crippen LogP contribution is -2.16. The van der Waals surface area contributed by atoms with Gasteiger partial charge in [-0.05, 0) is 48.0 Å². The third-order valence-electron chi connectivity index (χ3n) is 4.60. The van der Waals surface area contributed by atoms with Crippen LogP contribution in [0.3, 0.4) is 0 Å². The molecule has 0 fully saturated rings. The molecule has 0 aliphatic heterocycles. The summed E-state index contributed by atoms with van der Waals surface area (Å²) in [5.74, 6) is -0.0787. The molecule has 0 aliphatic carbocycles. The number of rotatable bonds is 5. The predicted molar refractivity (Wildman–Crippen MR) is 118 cm³/mol. The zero-order valence-corrected chi connectivity index (χ0v) is 16.5. The summed E-state index contributed by atoms with van der Waals surface area (Å²) in [4.78, 5) is 27.8. The maximum absolute atomic E-state index is 12.6. The molecule has 0 radical (unpaired) electrons. The quantitative estimate of drug-likeness (QED) is 0.351. The van der Waals surface area contributed by atoms with Crippen LogP contribution >= 0.6 is 11.6 Å². The summed E-state index contributed by atoms with van der Waals surface area (Å²) in [6.45, 7) is 0. The molecule has 1 aromatic heterocycles. The van der Waals surface area contributed by atoms with Crippen molar-refractivity contribution < 1.29 is 9.90 Å². The molecule has 0 saturated heterocycles. The van der Waals surface area contributed by atoms with E-state index in [2.05, 4.69) is 4.98 Å². The van der Waals surface area contributed by atoms with E-state index in [9.17, 15) is 14.7 Å². The summed E-state index contributed by atoms with van der Waals surface area (Å²) in [6.07, 6.45) is 4.70. The van der Waals surface area contributed by atoms with Crippen LogP contribution in [0, 0.1) is 0 Å². The molecule has 1 heterocycles. The van der Waals surface area contributed by atoms with E-state index < -0.39 is 0 Å². The van der Waals surface area contributed by atoms with Crippen LogP contribution in [0.15, 0.2) is 89.9 Å². The second kappa shape index (κ2) is 8.27. The predicted octanol–water partition coefficient (Wildman–Crippen LogP) is 5.09. The van der Waals surface area contributed by atoms with E-state index >= 15 is 0 Å². The van der Waals surface area contributed by atoms with Crippen LogP contribution in [-0.4, -0.2) is 20.4 Å². The molecule has 0 spiro atoms. The van der Waals surface area contributed by atoms with Crippen molar-refractivity contribution in [3.63, 3.8) is 0 Å². The standard InChI is InChI=1S/C24H17ClN2O3/c25-19-10-8-17(9-11-19)22-15-26-24(30)27(22)20-5-2-4-18(14-20)23(29)12-7-16-3-1-6-21(28)13-16/h1-15,28H,(H,26,30). The van der Waals surface area contributed by atoms with Crippen molar-refractivity contribution in [3.05, 3.63) is 112 Å². The smallest absolute Gasteiger partial charge is 0.330 e. The highest BCUT2D eigenvalue weighted by atomic mass is 35.5. The van der Waals surface area contributed by atoms with Crippen molar-refractivity contribution in [2.75, 3.05) is 0 Å². The van der Waals surface area contributed by atoms with Crippen molar-refractivity contribution in [1.29, 1.82) is 0 Å². The number of carbonyl (C=O) groups is 1. The van der Waals surface area contributed by atoms with E-state index in [0.29, 0.717) is 27.5 Å². The molecular weight excluding hydrogens is 400 g/mol. The zero-order valence-electron chi connectivity index (χ0n) is 15.7.